The standard InChI is InChI=1S/C20H22F3N7OS/c1-29-20(30-6-5-11(24)7-10(21)9-30)14(8-26-29)27-18(31)16-17(25)32-19(28-16)15-12(22)3-2-4-13(15)23/h2-4,8,10-11H,5-7,9,24-25H2,1H3,(H,27,31). The zero-order valence-electron chi connectivity index (χ0n) is 17.2. The zero-order chi connectivity index (χ0) is 23.0. The monoisotopic (exact) mass is 465 g/mol. The quantitative estimate of drug-likeness (QED) is 0.546. The third-order valence-electron chi connectivity index (χ3n) is 5.25. The van der Waals surface area contributed by atoms with Gasteiger partial charge in [-0.3, -0.25) is 9.48 Å². The summed E-state index contributed by atoms with van der Waals surface area (Å²) in [5, 5.41) is 6.82. The first-order chi connectivity index (χ1) is 15.2. The number of hydrogen-bond acceptors (Lipinski definition) is 7. The number of carbonyl (C=O) groups excluding carboxylic acids is 1. The third-order valence-corrected chi connectivity index (χ3v) is 6.15. The Bertz CT molecular complexity index is 1130. The van der Waals surface area contributed by atoms with Crippen molar-refractivity contribution in [3.05, 3.63) is 41.7 Å². The second-order valence-corrected chi connectivity index (χ2v) is 8.65. The molecule has 32 heavy (non-hydrogen) atoms. The summed E-state index contributed by atoms with van der Waals surface area (Å²) in [6.07, 6.45) is 1.18. The van der Waals surface area contributed by atoms with Crippen LogP contribution in [0.4, 0.5) is 29.7 Å². The SMILES string of the molecule is Cn1ncc(NC(=O)c2nc(-c3c(F)cccc3F)sc2N)c1N1CCC(N)CC(F)C1. The lowest BCUT2D eigenvalue weighted by atomic mass is 10.1. The van der Waals surface area contributed by atoms with Gasteiger partial charge in [0.25, 0.3) is 5.91 Å². The lowest BCUT2D eigenvalue weighted by Crippen LogP contribution is -2.31. The number of nitrogens with one attached hydrogen (secondary N) is 1. The maximum absolute atomic E-state index is 14.3. The van der Waals surface area contributed by atoms with Gasteiger partial charge in [0.1, 0.15) is 33.5 Å². The lowest BCUT2D eigenvalue weighted by Gasteiger charge is -2.24. The molecule has 0 aliphatic carbocycles. The summed E-state index contributed by atoms with van der Waals surface area (Å²) in [7, 11) is 1.68. The van der Waals surface area contributed by atoms with Crippen molar-refractivity contribution in [1.29, 1.82) is 0 Å². The first kappa shape index (κ1) is 22.1. The van der Waals surface area contributed by atoms with Gasteiger partial charge < -0.3 is 21.7 Å². The Morgan fingerprint density at radius 1 is 1.31 bits per heavy atom. The molecule has 1 aliphatic rings. The summed E-state index contributed by atoms with van der Waals surface area (Å²) in [4.78, 5) is 18.7. The van der Waals surface area contributed by atoms with E-state index in [-0.39, 0.29) is 40.3 Å². The number of aryl methyl sites for hydroxylation is 1. The van der Waals surface area contributed by atoms with Gasteiger partial charge in [-0.2, -0.15) is 5.10 Å². The van der Waals surface area contributed by atoms with Gasteiger partial charge in [0.15, 0.2) is 11.5 Å². The highest BCUT2D eigenvalue weighted by Gasteiger charge is 2.27. The Balaban J connectivity index is 1.60. The highest BCUT2D eigenvalue weighted by molar-refractivity contribution is 7.19. The molecule has 1 saturated heterocycles. The number of carbonyl (C=O) groups is 1. The molecule has 1 aliphatic heterocycles. The predicted molar refractivity (Wildman–Crippen MR) is 117 cm³/mol. The van der Waals surface area contributed by atoms with Crippen molar-refractivity contribution in [2.45, 2.75) is 25.1 Å². The average Bonchev–Trinajstić information content (AvgIpc) is 3.22. The molecule has 3 heterocycles. The van der Waals surface area contributed by atoms with Crippen molar-refractivity contribution < 1.29 is 18.0 Å². The molecular formula is C20H22F3N7OS. The number of nitrogens with zero attached hydrogens (tertiary/aromatic N) is 4. The fraction of sp³-hybridized carbons (Fsp3) is 0.350. The number of benzene rings is 1. The molecule has 2 atom stereocenters. The van der Waals surface area contributed by atoms with Crippen molar-refractivity contribution in [2.24, 2.45) is 12.8 Å². The second kappa shape index (κ2) is 8.79. The summed E-state index contributed by atoms with van der Waals surface area (Å²) < 4.78 is 44.0. The van der Waals surface area contributed by atoms with Crippen molar-refractivity contribution >= 4 is 33.8 Å². The number of nitrogens with two attached hydrogens (primary N) is 2. The van der Waals surface area contributed by atoms with Crippen LogP contribution in [0.3, 0.4) is 0 Å². The Morgan fingerprint density at radius 3 is 2.75 bits per heavy atom. The third kappa shape index (κ3) is 4.28. The number of anilines is 3. The molecular weight excluding hydrogens is 443 g/mol. The van der Waals surface area contributed by atoms with E-state index < -0.39 is 23.7 Å². The van der Waals surface area contributed by atoms with Gasteiger partial charge in [-0.15, -0.1) is 0 Å². The van der Waals surface area contributed by atoms with Gasteiger partial charge in [-0.05, 0) is 25.0 Å². The molecule has 1 fully saturated rings. The van der Waals surface area contributed by atoms with Crippen molar-refractivity contribution in [1.82, 2.24) is 14.8 Å². The number of halogens is 3. The van der Waals surface area contributed by atoms with Gasteiger partial charge >= 0.3 is 0 Å². The fourth-order valence-electron chi connectivity index (χ4n) is 3.74. The highest BCUT2D eigenvalue weighted by Crippen LogP contribution is 2.34. The number of nitrogen functional groups attached to an aromatic ring is 1. The van der Waals surface area contributed by atoms with Crippen molar-refractivity contribution in [3.63, 3.8) is 0 Å². The van der Waals surface area contributed by atoms with Crippen LogP contribution in [0.2, 0.25) is 0 Å². The molecule has 170 valence electrons. The molecule has 4 rings (SSSR count). The molecule has 3 aromatic rings. The predicted octanol–water partition coefficient (Wildman–Crippen LogP) is 2.92. The fourth-order valence-corrected chi connectivity index (χ4v) is 4.62. The summed E-state index contributed by atoms with van der Waals surface area (Å²) in [6, 6.07) is 3.19. The average molecular weight is 466 g/mol. The maximum Gasteiger partial charge on any atom is 0.277 e. The second-order valence-electron chi connectivity index (χ2n) is 7.62. The minimum absolute atomic E-state index is 0.00941. The number of alkyl halides is 1. The van der Waals surface area contributed by atoms with E-state index in [4.69, 9.17) is 11.5 Å². The molecule has 0 saturated carbocycles. The molecule has 8 nitrogen and oxygen atoms in total. The van der Waals surface area contributed by atoms with Crippen LogP contribution in [0, 0.1) is 11.6 Å². The summed E-state index contributed by atoms with van der Waals surface area (Å²) >= 11 is 0.807. The first-order valence-electron chi connectivity index (χ1n) is 9.93. The normalized spacial score (nSPS) is 19.1. The summed E-state index contributed by atoms with van der Waals surface area (Å²) in [5.74, 6) is -1.76. The Labute approximate surface area is 186 Å². The van der Waals surface area contributed by atoms with Crippen LogP contribution in [0.15, 0.2) is 24.4 Å². The van der Waals surface area contributed by atoms with Gasteiger partial charge in [0, 0.05) is 19.6 Å². The summed E-state index contributed by atoms with van der Waals surface area (Å²) in [6.45, 7) is 0.616. The van der Waals surface area contributed by atoms with Crippen molar-refractivity contribution in [2.75, 3.05) is 29.0 Å². The number of rotatable bonds is 4. The van der Waals surface area contributed by atoms with Crippen LogP contribution in [-0.4, -0.2) is 46.0 Å². The number of thiazole rings is 1. The minimum atomic E-state index is -1.11. The smallest absolute Gasteiger partial charge is 0.277 e. The van der Waals surface area contributed by atoms with Crippen LogP contribution in [0.5, 0.6) is 0 Å². The molecule has 2 aromatic heterocycles. The van der Waals surface area contributed by atoms with E-state index in [1.807, 2.05) is 0 Å². The Morgan fingerprint density at radius 2 is 2.03 bits per heavy atom. The minimum Gasteiger partial charge on any atom is -0.389 e. The van der Waals surface area contributed by atoms with E-state index in [0.29, 0.717) is 24.5 Å². The molecule has 5 N–H and O–H groups in total. The van der Waals surface area contributed by atoms with E-state index in [9.17, 15) is 18.0 Å². The molecule has 12 heteroatoms. The van der Waals surface area contributed by atoms with Crippen molar-refractivity contribution in [3.8, 4) is 10.6 Å². The van der Waals surface area contributed by atoms with E-state index in [1.165, 1.54) is 16.9 Å². The molecule has 2 unspecified atom stereocenters. The van der Waals surface area contributed by atoms with E-state index in [1.54, 1.807) is 11.9 Å². The van der Waals surface area contributed by atoms with E-state index in [2.05, 4.69) is 15.4 Å². The van der Waals surface area contributed by atoms with Crippen LogP contribution in [0.25, 0.3) is 10.6 Å². The van der Waals surface area contributed by atoms with E-state index >= 15 is 0 Å². The molecule has 0 bridgehead atoms. The first-order valence-corrected chi connectivity index (χ1v) is 10.7. The topological polar surface area (TPSA) is 115 Å². The molecule has 1 aromatic carbocycles. The van der Waals surface area contributed by atoms with Crippen LogP contribution >= 0.6 is 11.3 Å². The van der Waals surface area contributed by atoms with Crippen LogP contribution in [-0.2, 0) is 7.05 Å². The van der Waals surface area contributed by atoms with Gasteiger partial charge in [-0.25, -0.2) is 18.2 Å². The van der Waals surface area contributed by atoms with Gasteiger partial charge in [0.05, 0.1) is 18.3 Å². The number of amides is 1. The molecule has 0 radical (unpaired) electrons. The van der Waals surface area contributed by atoms with Crippen LogP contribution < -0.4 is 21.7 Å². The Hall–Kier alpha value is -3.12. The maximum atomic E-state index is 14.3. The van der Waals surface area contributed by atoms with Gasteiger partial charge in [0.2, 0.25) is 0 Å². The highest BCUT2D eigenvalue weighted by atomic mass is 32.1. The van der Waals surface area contributed by atoms with Crippen LogP contribution in [0.1, 0.15) is 23.3 Å². The van der Waals surface area contributed by atoms with E-state index in [0.717, 1.165) is 23.5 Å². The lowest BCUT2D eigenvalue weighted by molar-refractivity contribution is 0.102. The molecule has 1 amide bonds. The summed E-state index contributed by atoms with van der Waals surface area (Å²) in [5.41, 5.74) is 11.7. The van der Waals surface area contributed by atoms with Gasteiger partial charge in [-0.1, -0.05) is 17.4 Å². The molecule has 0 spiro atoms. The zero-order valence-corrected chi connectivity index (χ0v) is 18.0. The Kier molecular flexibility index (Phi) is 6.07. The number of hydrogen-bond donors (Lipinski definition) is 3. The largest absolute Gasteiger partial charge is 0.389 e. The number of aromatic nitrogens is 3.